The second-order valence-corrected chi connectivity index (χ2v) is 6.92. The molecule has 2 aromatic heterocycles. The van der Waals surface area contributed by atoms with Crippen LogP contribution in [0.2, 0.25) is 0 Å². The summed E-state index contributed by atoms with van der Waals surface area (Å²) >= 11 is 1.70. The normalized spacial score (nSPS) is 14.4. The number of hydrogen-bond acceptors (Lipinski definition) is 5. The molecular formula is C16H22N4S. The summed E-state index contributed by atoms with van der Waals surface area (Å²) in [4.78, 5) is 11.3. The lowest BCUT2D eigenvalue weighted by Crippen LogP contribution is -2.20. The second kappa shape index (κ2) is 6.12. The average molecular weight is 302 g/mol. The third-order valence-electron chi connectivity index (χ3n) is 3.71. The zero-order valence-electron chi connectivity index (χ0n) is 12.9. The number of thiazole rings is 1. The molecule has 1 aliphatic carbocycles. The minimum Gasteiger partial charge on any atom is -0.354 e. The molecule has 5 heteroatoms. The van der Waals surface area contributed by atoms with E-state index in [0.29, 0.717) is 0 Å². The van der Waals surface area contributed by atoms with Crippen LogP contribution in [0.15, 0.2) is 17.6 Å². The summed E-state index contributed by atoms with van der Waals surface area (Å²) in [6, 6.07) is 2.97. The fourth-order valence-electron chi connectivity index (χ4n) is 2.47. The molecule has 3 rings (SSSR count). The highest BCUT2D eigenvalue weighted by Crippen LogP contribution is 2.22. The molecule has 1 N–H and O–H groups in total. The molecule has 0 aliphatic heterocycles. The van der Waals surface area contributed by atoms with E-state index in [0.717, 1.165) is 35.7 Å². The van der Waals surface area contributed by atoms with Crippen LogP contribution in [0.3, 0.4) is 0 Å². The van der Waals surface area contributed by atoms with Gasteiger partial charge in [-0.25, -0.2) is 9.97 Å². The van der Waals surface area contributed by atoms with Gasteiger partial charge in [-0.15, -0.1) is 11.3 Å². The van der Waals surface area contributed by atoms with Crippen molar-refractivity contribution < 1.29 is 0 Å². The van der Waals surface area contributed by atoms with Gasteiger partial charge >= 0.3 is 0 Å². The lowest BCUT2D eigenvalue weighted by atomic mass is 10.2. The molecular weight excluding hydrogens is 280 g/mol. The summed E-state index contributed by atoms with van der Waals surface area (Å²) in [6.45, 7) is 5.90. The predicted octanol–water partition coefficient (Wildman–Crippen LogP) is 3.04. The maximum Gasteiger partial charge on any atom is 0.131 e. The van der Waals surface area contributed by atoms with Crippen molar-refractivity contribution in [2.24, 2.45) is 0 Å². The Morgan fingerprint density at radius 1 is 1.38 bits per heavy atom. The summed E-state index contributed by atoms with van der Waals surface area (Å²) in [7, 11) is 2.08. The topological polar surface area (TPSA) is 41.1 Å². The minimum absolute atomic E-state index is 0.737. The fraction of sp³-hybridized carbons (Fsp3) is 0.500. The largest absolute Gasteiger partial charge is 0.354 e. The number of nitrogens with zero attached hydrogens (tertiary/aromatic N) is 3. The summed E-state index contributed by atoms with van der Waals surface area (Å²) in [5, 5.41) is 6.76. The molecule has 4 nitrogen and oxygen atoms in total. The van der Waals surface area contributed by atoms with Crippen molar-refractivity contribution in [2.75, 3.05) is 11.9 Å². The number of nitrogens with one attached hydrogen (secondary N) is 1. The fourth-order valence-corrected chi connectivity index (χ4v) is 3.07. The van der Waals surface area contributed by atoms with Crippen LogP contribution in [0.4, 0.5) is 5.82 Å². The molecule has 0 bridgehead atoms. The Hall–Kier alpha value is -1.46. The molecule has 0 radical (unpaired) electrons. The summed E-state index contributed by atoms with van der Waals surface area (Å²) in [5.41, 5.74) is 3.60. The van der Waals surface area contributed by atoms with Gasteiger partial charge in [0.25, 0.3) is 0 Å². The first-order valence-corrected chi connectivity index (χ1v) is 8.31. The van der Waals surface area contributed by atoms with Crippen LogP contribution in [0, 0.1) is 13.8 Å². The Labute approximate surface area is 130 Å². The quantitative estimate of drug-likeness (QED) is 0.890. The van der Waals surface area contributed by atoms with E-state index in [4.69, 9.17) is 0 Å². The van der Waals surface area contributed by atoms with Gasteiger partial charge in [0.05, 0.1) is 17.2 Å². The third-order valence-corrected chi connectivity index (χ3v) is 4.53. The van der Waals surface area contributed by atoms with E-state index in [1.807, 2.05) is 13.1 Å². The molecule has 0 unspecified atom stereocenters. The monoisotopic (exact) mass is 302 g/mol. The van der Waals surface area contributed by atoms with Crippen LogP contribution in [0.25, 0.3) is 0 Å². The van der Waals surface area contributed by atoms with Crippen LogP contribution >= 0.6 is 11.3 Å². The molecule has 1 saturated carbocycles. The van der Waals surface area contributed by atoms with Gasteiger partial charge in [0.1, 0.15) is 5.82 Å². The zero-order valence-corrected chi connectivity index (χ0v) is 13.7. The standard InChI is InChI=1S/C16H22N4S/c1-11-6-13(7-17-14-4-5-14)8-18-16(11)20(3)9-15-10-21-12(2)19-15/h6,8,10,14,17H,4-5,7,9H2,1-3H3. The zero-order chi connectivity index (χ0) is 14.8. The predicted molar refractivity (Wildman–Crippen MR) is 87.8 cm³/mol. The van der Waals surface area contributed by atoms with Crippen molar-refractivity contribution in [3.8, 4) is 0 Å². The molecule has 0 aromatic carbocycles. The molecule has 0 saturated heterocycles. The molecule has 0 amide bonds. The number of anilines is 1. The molecule has 1 aliphatic rings. The van der Waals surface area contributed by atoms with Crippen molar-refractivity contribution in [3.63, 3.8) is 0 Å². The van der Waals surface area contributed by atoms with Crippen LogP contribution in [0.5, 0.6) is 0 Å². The van der Waals surface area contributed by atoms with Gasteiger partial charge in [0.15, 0.2) is 0 Å². The molecule has 2 aromatic rings. The molecule has 1 fully saturated rings. The number of hydrogen-bond donors (Lipinski definition) is 1. The Kier molecular flexibility index (Phi) is 4.22. The van der Waals surface area contributed by atoms with E-state index in [-0.39, 0.29) is 0 Å². The number of pyridine rings is 1. The van der Waals surface area contributed by atoms with Crippen molar-refractivity contribution >= 4 is 17.2 Å². The Morgan fingerprint density at radius 2 is 2.19 bits per heavy atom. The van der Waals surface area contributed by atoms with E-state index in [1.165, 1.54) is 24.0 Å². The molecule has 21 heavy (non-hydrogen) atoms. The van der Waals surface area contributed by atoms with E-state index in [1.54, 1.807) is 11.3 Å². The van der Waals surface area contributed by atoms with Crippen LogP contribution in [-0.2, 0) is 13.1 Å². The van der Waals surface area contributed by atoms with Gasteiger partial charge in [0.2, 0.25) is 0 Å². The van der Waals surface area contributed by atoms with E-state index < -0.39 is 0 Å². The van der Waals surface area contributed by atoms with Crippen molar-refractivity contribution in [1.29, 1.82) is 0 Å². The summed E-state index contributed by atoms with van der Waals surface area (Å²) in [5.74, 6) is 1.04. The average Bonchev–Trinajstić information content (AvgIpc) is 3.19. The Balaban J connectivity index is 1.65. The number of aryl methyl sites for hydroxylation is 2. The van der Waals surface area contributed by atoms with Crippen molar-refractivity contribution in [1.82, 2.24) is 15.3 Å². The highest BCUT2D eigenvalue weighted by Gasteiger charge is 2.20. The van der Waals surface area contributed by atoms with Crippen LogP contribution in [-0.4, -0.2) is 23.1 Å². The second-order valence-electron chi connectivity index (χ2n) is 5.85. The first kappa shape index (κ1) is 14.5. The van der Waals surface area contributed by atoms with Crippen molar-refractivity contribution in [2.45, 2.75) is 45.8 Å². The van der Waals surface area contributed by atoms with Gasteiger partial charge in [-0.2, -0.15) is 0 Å². The highest BCUT2D eigenvalue weighted by atomic mass is 32.1. The summed E-state index contributed by atoms with van der Waals surface area (Å²) < 4.78 is 0. The summed E-state index contributed by atoms with van der Waals surface area (Å²) in [6.07, 6.45) is 4.63. The van der Waals surface area contributed by atoms with Crippen LogP contribution in [0.1, 0.15) is 34.7 Å². The third kappa shape index (κ3) is 3.80. The highest BCUT2D eigenvalue weighted by molar-refractivity contribution is 7.09. The lowest BCUT2D eigenvalue weighted by molar-refractivity contribution is 0.685. The van der Waals surface area contributed by atoms with Gasteiger partial charge in [-0.05, 0) is 43.9 Å². The van der Waals surface area contributed by atoms with Gasteiger partial charge < -0.3 is 10.2 Å². The van der Waals surface area contributed by atoms with E-state index >= 15 is 0 Å². The van der Waals surface area contributed by atoms with Crippen molar-refractivity contribution in [3.05, 3.63) is 39.5 Å². The molecule has 0 atom stereocenters. The van der Waals surface area contributed by atoms with E-state index in [9.17, 15) is 0 Å². The maximum absolute atomic E-state index is 4.64. The Morgan fingerprint density at radius 3 is 2.81 bits per heavy atom. The molecule has 0 spiro atoms. The Bertz CT molecular complexity index is 618. The van der Waals surface area contributed by atoms with Gasteiger partial charge in [-0.3, -0.25) is 0 Å². The van der Waals surface area contributed by atoms with Gasteiger partial charge in [-0.1, -0.05) is 0 Å². The number of aromatic nitrogens is 2. The van der Waals surface area contributed by atoms with Gasteiger partial charge in [0, 0.05) is 31.2 Å². The minimum atomic E-state index is 0.737. The van der Waals surface area contributed by atoms with E-state index in [2.05, 4.69) is 45.6 Å². The number of rotatable bonds is 6. The lowest BCUT2D eigenvalue weighted by Gasteiger charge is -2.19. The SMILES string of the molecule is Cc1nc(CN(C)c2ncc(CNC3CC3)cc2C)cs1. The smallest absolute Gasteiger partial charge is 0.131 e. The molecule has 112 valence electrons. The first-order valence-electron chi connectivity index (χ1n) is 7.43. The first-order chi connectivity index (χ1) is 10.1. The molecule has 2 heterocycles. The van der Waals surface area contributed by atoms with Crippen LogP contribution < -0.4 is 10.2 Å². The maximum atomic E-state index is 4.64.